The second-order valence-corrected chi connectivity index (χ2v) is 7.67. The number of carbonyl (C=O) groups excluding carboxylic acids is 2. The smallest absolute Gasteiger partial charge is 0.268 e. The molecule has 3 aromatic rings. The molecule has 148 valence electrons. The minimum absolute atomic E-state index is 0.0157. The number of imide groups is 1. The highest BCUT2D eigenvalue weighted by molar-refractivity contribution is 8.18. The Hall–Kier alpha value is -3.71. The van der Waals surface area contributed by atoms with E-state index in [1.54, 1.807) is 30.4 Å². The van der Waals surface area contributed by atoms with Gasteiger partial charge in [-0.25, -0.2) is 0 Å². The first kappa shape index (κ1) is 19.6. The van der Waals surface area contributed by atoms with Crippen molar-refractivity contribution < 1.29 is 14.5 Å². The number of benzene rings is 3. The van der Waals surface area contributed by atoms with Crippen molar-refractivity contribution in [3.05, 3.63) is 105 Å². The summed E-state index contributed by atoms with van der Waals surface area (Å²) in [5.74, 6) is -0.327. The quantitative estimate of drug-likeness (QED) is 0.310. The molecule has 6 nitrogen and oxygen atoms in total. The number of non-ortho nitro benzene ring substituents is 1. The van der Waals surface area contributed by atoms with Gasteiger partial charge in [0, 0.05) is 12.1 Å². The number of fused-ring (bicyclic) bond motifs is 1. The molecule has 0 unspecified atom stereocenters. The summed E-state index contributed by atoms with van der Waals surface area (Å²) < 4.78 is 0. The number of amides is 2. The van der Waals surface area contributed by atoms with Gasteiger partial charge in [-0.05, 0) is 57.9 Å². The number of thioether (sulfide) groups is 1. The van der Waals surface area contributed by atoms with Crippen molar-refractivity contribution >= 4 is 45.4 Å². The van der Waals surface area contributed by atoms with Crippen LogP contribution in [0.5, 0.6) is 0 Å². The highest BCUT2D eigenvalue weighted by atomic mass is 32.2. The number of hydrogen-bond donors (Lipinski definition) is 0. The van der Waals surface area contributed by atoms with Crippen LogP contribution in [0.1, 0.15) is 11.1 Å². The van der Waals surface area contributed by atoms with E-state index in [2.05, 4.69) is 0 Å². The van der Waals surface area contributed by atoms with E-state index in [1.807, 2.05) is 42.5 Å². The Labute approximate surface area is 176 Å². The molecule has 7 heteroatoms. The first-order valence-electron chi connectivity index (χ1n) is 9.15. The number of rotatable bonds is 5. The van der Waals surface area contributed by atoms with E-state index in [0.29, 0.717) is 4.91 Å². The Morgan fingerprint density at radius 1 is 0.967 bits per heavy atom. The summed E-state index contributed by atoms with van der Waals surface area (Å²) in [6.07, 6.45) is 4.97. The van der Waals surface area contributed by atoms with Crippen molar-refractivity contribution in [3.63, 3.8) is 0 Å². The summed E-state index contributed by atoms with van der Waals surface area (Å²) >= 11 is 0.904. The topological polar surface area (TPSA) is 80.5 Å². The van der Waals surface area contributed by atoms with E-state index in [9.17, 15) is 19.7 Å². The molecule has 4 rings (SSSR count). The summed E-state index contributed by atoms with van der Waals surface area (Å²) in [5, 5.41) is 12.6. The van der Waals surface area contributed by atoms with Gasteiger partial charge in [0.2, 0.25) is 0 Å². The van der Waals surface area contributed by atoms with Crippen LogP contribution in [0, 0.1) is 10.1 Å². The maximum atomic E-state index is 12.7. The molecule has 1 heterocycles. The summed E-state index contributed by atoms with van der Waals surface area (Å²) in [6, 6.07) is 19.9. The second-order valence-electron chi connectivity index (χ2n) is 6.68. The third-order valence-corrected chi connectivity index (χ3v) is 5.59. The molecule has 0 radical (unpaired) electrons. The molecule has 1 fully saturated rings. The van der Waals surface area contributed by atoms with Crippen LogP contribution in [0.15, 0.2) is 83.8 Å². The molecular formula is C23H16N2O4S. The maximum absolute atomic E-state index is 12.7. The molecule has 1 aliphatic heterocycles. The zero-order chi connectivity index (χ0) is 21.1. The molecule has 30 heavy (non-hydrogen) atoms. The molecule has 1 saturated heterocycles. The highest BCUT2D eigenvalue weighted by Gasteiger charge is 2.34. The molecule has 0 aromatic heterocycles. The Balaban J connectivity index is 1.46. The van der Waals surface area contributed by atoms with Crippen LogP contribution in [0.3, 0.4) is 0 Å². The predicted molar refractivity (Wildman–Crippen MR) is 118 cm³/mol. The monoisotopic (exact) mass is 416 g/mol. The number of carbonyl (C=O) groups is 2. The van der Waals surface area contributed by atoms with Crippen LogP contribution in [0.4, 0.5) is 10.5 Å². The lowest BCUT2D eigenvalue weighted by Gasteiger charge is -2.13. The van der Waals surface area contributed by atoms with Crippen LogP contribution in [-0.4, -0.2) is 21.0 Å². The average Bonchev–Trinajstić information content (AvgIpc) is 3.01. The van der Waals surface area contributed by atoms with Gasteiger partial charge >= 0.3 is 0 Å². The zero-order valence-electron chi connectivity index (χ0n) is 15.7. The number of nitro benzene ring substituents is 1. The van der Waals surface area contributed by atoms with Crippen LogP contribution in [0.2, 0.25) is 0 Å². The molecule has 0 aliphatic carbocycles. The van der Waals surface area contributed by atoms with Crippen LogP contribution < -0.4 is 0 Å². The largest absolute Gasteiger partial charge is 0.293 e. The zero-order valence-corrected chi connectivity index (χ0v) is 16.5. The van der Waals surface area contributed by atoms with E-state index < -0.39 is 4.92 Å². The second kappa shape index (κ2) is 8.34. The van der Waals surface area contributed by atoms with Gasteiger partial charge in [0.1, 0.15) is 0 Å². The Morgan fingerprint density at radius 2 is 1.70 bits per heavy atom. The Bertz CT molecular complexity index is 1220. The van der Waals surface area contributed by atoms with E-state index in [0.717, 1.165) is 33.7 Å². The Kier molecular flexibility index (Phi) is 5.45. The fourth-order valence-electron chi connectivity index (χ4n) is 3.12. The van der Waals surface area contributed by atoms with Gasteiger partial charge < -0.3 is 0 Å². The number of nitrogens with zero attached hydrogens (tertiary/aromatic N) is 2. The van der Waals surface area contributed by atoms with Gasteiger partial charge in [-0.1, -0.05) is 48.6 Å². The van der Waals surface area contributed by atoms with Gasteiger partial charge in [-0.3, -0.25) is 24.6 Å². The van der Waals surface area contributed by atoms with E-state index in [-0.39, 0.29) is 23.4 Å². The van der Waals surface area contributed by atoms with Crippen molar-refractivity contribution in [1.29, 1.82) is 0 Å². The van der Waals surface area contributed by atoms with E-state index in [4.69, 9.17) is 0 Å². The van der Waals surface area contributed by atoms with Crippen molar-refractivity contribution in [3.8, 4) is 0 Å². The van der Waals surface area contributed by atoms with Crippen molar-refractivity contribution in [2.75, 3.05) is 0 Å². The first-order valence-corrected chi connectivity index (χ1v) is 9.97. The fourth-order valence-corrected chi connectivity index (χ4v) is 3.91. The molecule has 1 aliphatic rings. The lowest BCUT2D eigenvalue weighted by molar-refractivity contribution is -0.384. The van der Waals surface area contributed by atoms with Gasteiger partial charge in [-0.15, -0.1) is 0 Å². The van der Waals surface area contributed by atoms with Gasteiger partial charge in [0.15, 0.2) is 0 Å². The summed E-state index contributed by atoms with van der Waals surface area (Å²) in [6.45, 7) is 0.221. The van der Waals surface area contributed by atoms with Crippen LogP contribution in [-0.2, 0) is 11.3 Å². The van der Waals surface area contributed by atoms with Crippen molar-refractivity contribution in [2.24, 2.45) is 0 Å². The van der Waals surface area contributed by atoms with Crippen molar-refractivity contribution in [2.45, 2.75) is 6.54 Å². The van der Waals surface area contributed by atoms with Crippen LogP contribution in [0.25, 0.3) is 16.8 Å². The predicted octanol–water partition coefficient (Wildman–Crippen LogP) is 5.54. The standard InChI is InChI=1S/C23H16N2O4S/c26-22-21(7-3-4-16-9-12-20(13-10-16)25(28)29)30-23(27)24(22)15-17-8-11-18-5-1-2-6-19(18)14-17/h1-14H,15H2/b4-3+,21-7-. The number of nitro groups is 1. The third-order valence-electron chi connectivity index (χ3n) is 4.67. The lowest BCUT2D eigenvalue weighted by atomic mass is 10.1. The minimum atomic E-state index is -0.459. The normalized spacial score (nSPS) is 15.6. The molecule has 0 N–H and O–H groups in total. The van der Waals surface area contributed by atoms with E-state index >= 15 is 0 Å². The molecule has 0 bridgehead atoms. The van der Waals surface area contributed by atoms with Gasteiger partial charge in [0.25, 0.3) is 16.8 Å². The van der Waals surface area contributed by atoms with E-state index in [1.165, 1.54) is 17.0 Å². The fraction of sp³-hybridized carbons (Fsp3) is 0.0435. The summed E-state index contributed by atoms with van der Waals surface area (Å²) in [7, 11) is 0. The molecule has 0 spiro atoms. The first-order chi connectivity index (χ1) is 14.5. The average molecular weight is 416 g/mol. The highest BCUT2D eigenvalue weighted by Crippen LogP contribution is 2.32. The molecule has 2 amide bonds. The molecule has 0 saturated carbocycles. The SMILES string of the molecule is O=C1S/C(=C\C=C\c2ccc([N+](=O)[O-])cc2)C(=O)N1Cc1ccc2ccccc2c1. The molecule has 3 aromatic carbocycles. The molecular weight excluding hydrogens is 400 g/mol. The van der Waals surface area contributed by atoms with Gasteiger partial charge in [-0.2, -0.15) is 0 Å². The minimum Gasteiger partial charge on any atom is -0.268 e. The lowest BCUT2D eigenvalue weighted by Crippen LogP contribution is -2.27. The number of allylic oxidation sites excluding steroid dienone is 2. The van der Waals surface area contributed by atoms with Gasteiger partial charge in [0.05, 0.1) is 16.4 Å². The summed E-state index contributed by atoms with van der Waals surface area (Å²) in [4.78, 5) is 36.8. The number of hydrogen-bond acceptors (Lipinski definition) is 5. The maximum Gasteiger partial charge on any atom is 0.293 e. The molecule has 0 atom stereocenters. The van der Waals surface area contributed by atoms with Crippen molar-refractivity contribution in [1.82, 2.24) is 4.90 Å². The Morgan fingerprint density at radius 3 is 2.43 bits per heavy atom. The third kappa shape index (κ3) is 4.16. The summed E-state index contributed by atoms with van der Waals surface area (Å²) in [5.41, 5.74) is 1.66. The van der Waals surface area contributed by atoms with Crippen LogP contribution >= 0.6 is 11.8 Å².